The van der Waals surface area contributed by atoms with E-state index in [0.29, 0.717) is 12.3 Å². The van der Waals surface area contributed by atoms with Gasteiger partial charge < -0.3 is 10.4 Å². The molecule has 2 N–H and O–H groups in total. The largest absolute Gasteiger partial charge is 0.480 e. The molecular formula is C5H9NO3S. The number of aliphatic carboxylic acids is 1. The Morgan fingerprint density at radius 2 is 2.40 bits per heavy atom. The fourth-order valence-electron chi connectivity index (χ4n) is 0.834. The van der Waals surface area contributed by atoms with E-state index in [2.05, 4.69) is 5.32 Å². The van der Waals surface area contributed by atoms with Gasteiger partial charge in [-0.2, -0.15) is 0 Å². The molecule has 0 saturated carbocycles. The summed E-state index contributed by atoms with van der Waals surface area (Å²) in [6, 6.07) is -0.602. The Morgan fingerprint density at radius 3 is 2.80 bits per heavy atom. The van der Waals surface area contributed by atoms with Crippen molar-refractivity contribution in [1.82, 2.24) is 5.32 Å². The summed E-state index contributed by atoms with van der Waals surface area (Å²) in [5.41, 5.74) is 0. The maximum Gasteiger partial charge on any atom is 0.321 e. The van der Waals surface area contributed by atoms with Gasteiger partial charge in [-0.1, -0.05) is 0 Å². The van der Waals surface area contributed by atoms with Crippen molar-refractivity contribution in [2.75, 3.05) is 18.1 Å². The summed E-state index contributed by atoms with van der Waals surface area (Å²) in [7, 11) is -0.934. The molecule has 0 aliphatic carbocycles. The van der Waals surface area contributed by atoms with Gasteiger partial charge in [0.15, 0.2) is 0 Å². The molecule has 0 aromatic heterocycles. The molecular weight excluding hydrogens is 154 g/mol. The molecule has 1 aliphatic rings. The molecule has 0 bridgehead atoms. The smallest absolute Gasteiger partial charge is 0.321 e. The summed E-state index contributed by atoms with van der Waals surface area (Å²) < 4.78 is 10.8. The summed E-state index contributed by atoms with van der Waals surface area (Å²) in [6.07, 6.45) is 0. The van der Waals surface area contributed by atoms with Crippen molar-refractivity contribution in [2.24, 2.45) is 0 Å². The summed E-state index contributed by atoms with van der Waals surface area (Å²) in [5, 5.41) is 11.2. The monoisotopic (exact) mass is 163 g/mol. The highest BCUT2D eigenvalue weighted by Gasteiger charge is 2.23. The SMILES string of the molecule is O=C(O)[C@H]1CS(=O)CCN1. The fourth-order valence-corrected chi connectivity index (χ4v) is 1.98. The van der Waals surface area contributed by atoms with E-state index in [1.165, 1.54) is 0 Å². The highest BCUT2D eigenvalue weighted by atomic mass is 32.2. The predicted octanol–water partition coefficient (Wildman–Crippen LogP) is -1.21. The zero-order chi connectivity index (χ0) is 7.56. The second-order valence-electron chi connectivity index (χ2n) is 2.16. The molecule has 1 saturated heterocycles. The van der Waals surface area contributed by atoms with Crippen LogP contribution in [0, 0.1) is 0 Å². The molecule has 0 radical (unpaired) electrons. The molecule has 1 fully saturated rings. The summed E-state index contributed by atoms with van der Waals surface area (Å²) >= 11 is 0. The van der Waals surface area contributed by atoms with E-state index in [-0.39, 0.29) is 5.75 Å². The summed E-state index contributed by atoms with van der Waals surface area (Å²) in [4.78, 5) is 10.3. The topological polar surface area (TPSA) is 66.4 Å². The van der Waals surface area contributed by atoms with Crippen LogP contribution in [0.3, 0.4) is 0 Å². The molecule has 0 aromatic rings. The average molecular weight is 163 g/mol. The van der Waals surface area contributed by atoms with E-state index in [4.69, 9.17) is 5.11 Å². The Kier molecular flexibility index (Phi) is 2.39. The average Bonchev–Trinajstić information content (AvgIpc) is 1.88. The zero-order valence-corrected chi connectivity index (χ0v) is 6.19. The lowest BCUT2D eigenvalue weighted by Gasteiger charge is -2.18. The van der Waals surface area contributed by atoms with Crippen molar-refractivity contribution in [3.63, 3.8) is 0 Å². The van der Waals surface area contributed by atoms with Gasteiger partial charge in [0.05, 0.1) is 0 Å². The van der Waals surface area contributed by atoms with Crippen LogP contribution in [-0.2, 0) is 15.6 Å². The van der Waals surface area contributed by atoms with Gasteiger partial charge in [-0.15, -0.1) is 0 Å². The molecule has 10 heavy (non-hydrogen) atoms. The van der Waals surface area contributed by atoms with Gasteiger partial charge in [-0.25, -0.2) is 0 Å². The third-order valence-corrected chi connectivity index (χ3v) is 2.74. The third-order valence-electron chi connectivity index (χ3n) is 1.37. The Balaban J connectivity index is 2.47. The number of rotatable bonds is 1. The first-order valence-corrected chi connectivity index (χ1v) is 4.50. The minimum atomic E-state index is -0.934. The lowest BCUT2D eigenvalue weighted by Crippen LogP contribution is -2.47. The predicted molar refractivity (Wildman–Crippen MR) is 37.3 cm³/mol. The van der Waals surface area contributed by atoms with Crippen molar-refractivity contribution >= 4 is 16.8 Å². The van der Waals surface area contributed by atoms with Gasteiger partial charge >= 0.3 is 5.97 Å². The van der Waals surface area contributed by atoms with E-state index >= 15 is 0 Å². The van der Waals surface area contributed by atoms with Crippen molar-refractivity contribution in [1.29, 1.82) is 0 Å². The highest BCUT2D eigenvalue weighted by Crippen LogP contribution is 1.95. The number of carboxylic acids is 1. The number of hydrogen-bond acceptors (Lipinski definition) is 3. The van der Waals surface area contributed by atoms with Crippen LogP contribution in [0.25, 0.3) is 0 Å². The van der Waals surface area contributed by atoms with Crippen LogP contribution in [0.5, 0.6) is 0 Å². The summed E-state index contributed by atoms with van der Waals surface area (Å²) in [5.74, 6) is -0.0906. The molecule has 58 valence electrons. The molecule has 0 amide bonds. The molecule has 0 spiro atoms. The lowest BCUT2D eigenvalue weighted by atomic mass is 10.3. The maximum atomic E-state index is 10.8. The first-order valence-electron chi connectivity index (χ1n) is 3.01. The normalized spacial score (nSPS) is 33.6. The molecule has 5 heteroatoms. The minimum absolute atomic E-state index is 0.245. The molecule has 1 rings (SSSR count). The van der Waals surface area contributed by atoms with Crippen LogP contribution >= 0.6 is 0 Å². The first-order chi connectivity index (χ1) is 4.70. The van der Waals surface area contributed by atoms with Crippen molar-refractivity contribution < 1.29 is 14.1 Å². The van der Waals surface area contributed by atoms with Gasteiger partial charge in [0.2, 0.25) is 0 Å². The van der Waals surface area contributed by atoms with Crippen LogP contribution in [0.15, 0.2) is 0 Å². The molecule has 0 aromatic carbocycles. The van der Waals surface area contributed by atoms with Gasteiger partial charge in [-0.05, 0) is 0 Å². The first kappa shape index (κ1) is 7.68. The van der Waals surface area contributed by atoms with E-state index in [9.17, 15) is 9.00 Å². The van der Waals surface area contributed by atoms with E-state index < -0.39 is 22.8 Å². The molecule has 1 heterocycles. The Bertz CT molecular complexity index is 168. The van der Waals surface area contributed by atoms with Crippen molar-refractivity contribution in [2.45, 2.75) is 6.04 Å². The summed E-state index contributed by atoms with van der Waals surface area (Å²) in [6.45, 7) is 0.545. The second kappa shape index (κ2) is 3.12. The van der Waals surface area contributed by atoms with Crippen LogP contribution in [0.4, 0.5) is 0 Å². The van der Waals surface area contributed by atoms with Crippen molar-refractivity contribution in [3.05, 3.63) is 0 Å². The maximum absolute atomic E-state index is 10.8. The number of carbonyl (C=O) groups is 1. The van der Waals surface area contributed by atoms with Gasteiger partial charge in [0, 0.05) is 28.9 Å². The van der Waals surface area contributed by atoms with E-state index in [0.717, 1.165) is 0 Å². The Hall–Kier alpha value is -0.420. The van der Waals surface area contributed by atoms with Crippen molar-refractivity contribution in [3.8, 4) is 0 Å². The van der Waals surface area contributed by atoms with Gasteiger partial charge in [0.25, 0.3) is 0 Å². The lowest BCUT2D eigenvalue weighted by molar-refractivity contribution is -0.138. The molecule has 2 atom stereocenters. The van der Waals surface area contributed by atoms with Crippen LogP contribution < -0.4 is 5.32 Å². The number of nitrogens with one attached hydrogen (secondary N) is 1. The quantitative estimate of drug-likeness (QED) is 0.509. The number of carboxylic acid groups (broad SMARTS) is 1. The van der Waals surface area contributed by atoms with Crippen LogP contribution in [-0.4, -0.2) is 39.4 Å². The second-order valence-corrected chi connectivity index (χ2v) is 3.78. The molecule has 1 unspecified atom stereocenters. The Labute approximate surface area is 61.1 Å². The van der Waals surface area contributed by atoms with E-state index in [1.807, 2.05) is 0 Å². The number of hydrogen-bond donors (Lipinski definition) is 2. The molecule has 1 aliphatic heterocycles. The third kappa shape index (κ3) is 1.78. The van der Waals surface area contributed by atoms with Gasteiger partial charge in [0.1, 0.15) is 6.04 Å². The minimum Gasteiger partial charge on any atom is -0.480 e. The van der Waals surface area contributed by atoms with Gasteiger partial charge in [-0.3, -0.25) is 9.00 Å². The highest BCUT2D eigenvalue weighted by molar-refractivity contribution is 7.85. The fraction of sp³-hybridized carbons (Fsp3) is 0.800. The molecule has 4 nitrogen and oxygen atoms in total. The Morgan fingerprint density at radius 1 is 1.70 bits per heavy atom. The zero-order valence-electron chi connectivity index (χ0n) is 5.37. The van der Waals surface area contributed by atoms with Crippen LogP contribution in [0.1, 0.15) is 0 Å². The van der Waals surface area contributed by atoms with E-state index in [1.54, 1.807) is 0 Å². The standard InChI is InChI=1S/C5H9NO3S/c7-5(8)4-3-10(9)2-1-6-4/h4,6H,1-3H2,(H,7,8)/t4-,10?/m1/s1. The van der Waals surface area contributed by atoms with Crippen LogP contribution in [0.2, 0.25) is 0 Å².